The van der Waals surface area contributed by atoms with Crippen LogP contribution in [0.25, 0.3) is 0 Å². The molecule has 0 amide bonds. The zero-order valence-electron chi connectivity index (χ0n) is 12.1. The van der Waals surface area contributed by atoms with Crippen LogP contribution in [-0.4, -0.2) is 42.9 Å². The smallest absolute Gasteiger partial charge is 0.121 e. The predicted octanol–water partition coefficient (Wildman–Crippen LogP) is 2.22. The molecule has 1 spiro atoms. The first-order valence-electron chi connectivity index (χ1n) is 6.90. The lowest BCUT2D eigenvalue weighted by Gasteiger charge is -2.54. The molecule has 1 unspecified atom stereocenters. The maximum atomic E-state index is 6.51. The van der Waals surface area contributed by atoms with Gasteiger partial charge in [-0.2, -0.15) is 0 Å². The van der Waals surface area contributed by atoms with E-state index in [1.54, 1.807) is 0 Å². The Bertz CT molecular complexity index is 288. The van der Waals surface area contributed by atoms with Crippen molar-refractivity contribution in [2.45, 2.75) is 58.3 Å². The minimum absolute atomic E-state index is 0.0544. The Kier molecular flexibility index (Phi) is 3.30. The summed E-state index contributed by atoms with van der Waals surface area (Å²) in [6, 6.07) is 0. The Balaban J connectivity index is 2.13. The summed E-state index contributed by atoms with van der Waals surface area (Å²) in [6.07, 6.45) is 3.46. The van der Waals surface area contributed by atoms with Crippen molar-refractivity contribution < 1.29 is 4.74 Å². The van der Waals surface area contributed by atoms with E-state index in [2.05, 4.69) is 45.0 Å². The molecule has 0 radical (unpaired) electrons. The molecule has 2 heterocycles. The molecule has 0 aliphatic carbocycles. The molecular formula is C14H28N2O. The molecule has 0 aromatic heterocycles. The first-order valence-corrected chi connectivity index (χ1v) is 6.90. The highest BCUT2D eigenvalue weighted by molar-refractivity contribution is 4.99. The van der Waals surface area contributed by atoms with Crippen LogP contribution >= 0.6 is 0 Å². The van der Waals surface area contributed by atoms with Crippen LogP contribution in [0.1, 0.15) is 47.0 Å². The van der Waals surface area contributed by atoms with Gasteiger partial charge in [-0.25, -0.2) is 0 Å². The molecule has 17 heavy (non-hydrogen) atoms. The Morgan fingerprint density at radius 3 is 2.41 bits per heavy atom. The maximum absolute atomic E-state index is 6.51. The minimum Gasteiger partial charge on any atom is -0.354 e. The molecule has 2 rings (SSSR count). The van der Waals surface area contributed by atoms with Gasteiger partial charge in [0.2, 0.25) is 0 Å². The summed E-state index contributed by atoms with van der Waals surface area (Å²) in [4.78, 5) is 2.41. The highest BCUT2D eigenvalue weighted by Crippen LogP contribution is 2.42. The number of nitrogens with one attached hydrogen (secondary N) is 1. The van der Waals surface area contributed by atoms with Gasteiger partial charge in [0, 0.05) is 24.9 Å². The molecular weight excluding hydrogens is 212 g/mol. The van der Waals surface area contributed by atoms with E-state index in [9.17, 15) is 0 Å². The molecule has 3 heteroatoms. The Morgan fingerprint density at radius 1 is 1.06 bits per heavy atom. The Labute approximate surface area is 106 Å². The first-order chi connectivity index (χ1) is 7.77. The maximum Gasteiger partial charge on any atom is 0.121 e. The van der Waals surface area contributed by atoms with Crippen LogP contribution in [0.15, 0.2) is 0 Å². The fourth-order valence-corrected chi connectivity index (χ4v) is 2.78. The number of rotatable bonds is 0. The third kappa shape index (κ3) is 2.51. The van der Waals surface area contributed by atoms with Crippen molar-refractivity contribution in [3.8, 4) is 0 Å². The second-order valence-corrected chi connectivity index (χ2v) is 7.00. The molecule has 0 aromatic rings. The Hall–Kier alpha value is -0.120. The van der Waals surface area contributed by atoms with E-state index in [0.717, 1.165) is 25.9 Å². The highest BCUT2D eigenvalue weighted by atomic mass is 16.5. The van der Waals surface area contributed by atoms with E-state index >= 15 is 0 Å². The van der Waals surface area contributed by atoms with E-state index in [1.807, 2.05) is 0 Å². The lowest BCUT2D eigenvalue weighted by molar-refractivity contribution is -0.239. The molecule has 0 bridgehead atoms. The summed E-state index contributed by atoms with van der Waals surface area (Å²) >= 11 is 0. The fraction of sp³-hybridized carbons (Fsp3) is 1.00. The third-order valence-electron chi connectivity index (χ3n) is 4.95. The van der Waals surface area contributed by atoms with Crippen LogP contribution in [0.2, 0.25) is 0 Å². The predicted molar refractivity (Wildman–Crippen MR) is 71.0 cm³/mol. The van der Waals surface area contributed by atoms with Gasteiger partial charge in [0.1, 0.15) is 5.72 Å². The molecule has 3 nitrogen and oxygen atoms in total. The second-order valence-electron chi connectivity index (χ2n) is 7.00. The second kappa shape index (κ2) is 4.22. The number of hydrogen-bond acceptors (Lipinski definition) is 3. The van der Waals surface area contributed by atoms with Gasteiger partial charge < -0.3 is 9.64 Å². The van der Waals surface area contributed by atoms with E-state index in [1.165, 1.54) is 13.0 Å². The molecule has 2 saturated heterocycles. The number of ether oxygens (including phenoxy) is 1. The molecule has 2 fully saturated rings. The SMILES string of the molecule is CN1CCCC2(CC1)NCC(C)(C)C(C)(C)O2. The van der Waals surface area contributed by atoms with Gasteiger partial charge >= 0.3 is 0 Å². The van der Waals surface area contributed by atoms with Crippen LogP contribution in [0, 0.1) is 5.41 Å². The molecule has 0 aromatic carbocycles. The summed E-state index contributed by atoms with van der Waals surface area (Å²) in [5.74, 6) is 0. The van der Waals surface area contributed by atoms with Crippen molar-refractivity contribution in [3.63, 3.8) is 0 Å². The molecule has 2 aliphatic heterocycles. The Morgan fingerprint density at radius 2 is 1.76 bits per heavy atom. The molecule has 1 atom stereocenters. The van der Waals surface area contributed by atoms with Gasteiger partial charge in [0.15, 0.2) is 0 Å². The molecule has 1 N–H and O–H groups in total. The van der Waals surface area contributed by atoms with Crippen LogP contribution in [0.4, 0.5) is 0 Å². The van der Waals surface area contributed by atoms with Gasteiger partial charge in [-0.3, -0.25) is 5.32 Å². The van der Waals surface area contributed by atoms with Gasteiger partial charge in [-0.05, 0) is 40.3 Å². The average molecular weight is 240 g/mol. The summed E-state index contributed by atoms with van der Waals surface area (Å²) in [5.41, 5.74) is 0.0569. The summed E-state index contributed by atoms with van der Waals surface area (Å²) in [6.45, 7) is 12.4. The van der Waals surface area contributed by atoms with Crippen LogP contribution in [0.3, 0.4) is 0 Å². The van der Waals surface area contributed by atoms with E-state index in [-0.39, 0.29) is 16.7 Å². The highest BCUT2D eigenvalue weighted by Gasteiger charge is 2.50. The fourth-order valence-electron chi connectivity index (χ4n) is 2.78. The quantitative estimate of drug-likeness (QED) is 0.702. The average Bonchev–Trinajstić information content (AvgIpc) is 2.37. The topological polar surface area (TPSA) is 24.5 Å². The molecule has 100 valence electrons. The van der Waals surface area contributed by atoms with Crippen LogP contribution < -0.4 is 5.32 Å². The zero-order chi connectivity index (χ0) is 12.7. The molecule has 0 saturated carbocycles. The van der Waals surface area contributed by atoms with Crippen molar-refractivity contribution in [2.24, 2.45) is 5.41 Å². The van der Waals surface area contributed by atoms with Gasteiger partial charge in [-0.1, -0.05) is 13.8 Å². The van der Waals surface area contributed by atoms with Crippen molar-refractivity contribution >= 4 is 0 Å². The first kappa shape index (κ1) is 13.3. The van der Waals surface area contributed by atoms with Crippen LogP contribution in [0.5, 0.6) is 0 Å². The van der Waals surface area contributed by atoms with Gasteiger partial charge in [0.25, 0.3) is 0 Å². The zero-order valence-corrected chi connectivity index (χ0v) is 12.1. The lowest BCUT2D eigenvalue weighted by atomic mass is 9.74. The van der Waals surface area contributed by atoms with E-state index < -0.39 is 0 Å². The standard InChI is InChI=1S/C14H28N2O/c1-12(2)11-15-14(17-13(12,3)4)7-6-9-16(5)10-8-14/h15H,6-11H2,1-5H3. The molecule has 2 aliphatic rings. The largest absolute Gasteiger partial charge is 0.354 e. The van der Waals surface area contributed by atoms with Crippen molar-refractivity contribution in [3.05, 3.63) is 0 Å². The number of nitrogens with zero attached hydrogens (tertiary/aromatic N) is 1. The summed E-state index contributed by atoms with van der Waals surface area (Å²) < 4.78 is 6.51. The minimum atomic E-state index is -0.0796. The normalized spacial score (nSPS) is 37.9. The van der Waals surface area contributed by atoms with Gasteiger partial charge in [0.05, 0.1) is 5.60 Å². The summed E-state index contributed by atoms with van der Waals surface area (Å²) in [5, 5.41) is 3.69. The monoisotopic (exact) mass is 240 g/mol. The number of likely N-dealkylation sites (tertiary alicyclic amines) is 1. The summed E-state index contributed by atoms with van der Waals surface area (Å²) in [7, 11) is 2.21. The van der Waals surface area contributed by atoms with Crippen LogP contribution in [-0.2, 0) is 4.74 Å². The van der Waals surface area contributed by atoms with E-state index in [4.69, 9.17) is 4.74 Å². The lowest BCUT2D eigenvalue weighted by Crippen LogP contribution is -2.65. The van der Waals surface area contributed by atoms with Crippen molar-refractivity contribution in [1.29, 1.82) is 0 Å². The van der Waals surface area contributed by atoms with Crippen molar-refractivity contribution in [1.82, 2.24) is 10.2 Å². The van der Waals surface area contributed by atoms with Gasteiger partial charge in [-0.15, -0.1) is 0 Å². The number of hydrogen-bond donors (Lipinski definition) is 1. The van der Waals surface area contributed by atoms with E-state index in [0.29, 0.717) is 0 Å². The van der Waals surface area contributed by atoms with Crippen molar-refractivity contribution in [2.75, 3.05) is 26.7 Å². The third-order valence-corrected chi connectivity index (χ3v) is 4.95.